The molecule has 3 heterocycles. The van der Waals surface area contributed by atoms with Crippen LogP contribution in [0.25, 0.3) is 10.6 Å². The molecule has 7 nitrogen and oxygen atoms in total. The van der Waals surface area contributed by atoms with Gasteiger partial charge in [0.25, 0.3) is 0 Å². The molecule has 0 aliphatic carbocycles. The van der Waals surface area contributed by atoms with Gasteiger partial charge in [-0.25, -0.2) is 13.2 Å². The predicted octanol–water partition coefficient (Wildman–Crippen LogP) is 3.94. The molecule has 3 aromatic rings. The van der Waals surface area contributed by atoms with E-state index in [0.29, 0.717) is 24.3 Å². The maximum absolute atomic E-state index is 12.6. The molecule has 1 fully saturated rings. The van der Waals surface area contributed by atoms with Crippen LogP contribution < -0.4 is 0 Å². The summed E-state index contributed by atoms with van der Waals surface area (Å²) in [6, 6.07) is 13.0. The van der Waals surface area contributed by atoms with Gasteiger partial charge in [-0.2, -0.15) is 4.31 Å². The lowest BCUT2D eigenvalue weighted by Crippen LogP contribution is -2.27. The molecule has 0 spiro atoms. The molecule has 2 aromatic heterocycles. The summed E-state index contributed by atoms with van der Waals surface area (Å²) in [5.74, 6) is -1.04. The summed E-state index contributed by atoms with van der Waals surface area (Å²) in [4.78, 5) is 30.5. The van der Waals surface area contributed by atoms with Gasteiger partial charge >= 0.3 is 5.97 Å². The number of aryl methyl sites for hydroxylation is 1. The number of thiophene rings is 1. The van der Waals surface area contributed by atoms with Crippen molar-refractivity contribution in [3.05, 3.63) is 70.7 Å². The van der Waals surface area contributed by atoms with Crippen LogP contribution in [0, 0.1) is 6.92 Å². The van der Waals surface area contributed by atoms with E-state index in [1.807, 2.05) is 17.5 Å². The van der Waals surface area contributed by atoms with Crippen LogP contribution >= 0.6 is 11.3 Å². The van der Waals surface area contributed by atoms with Gasteiger partial charge in [0, 0.05) is 18.7 Å². The second-order valence-corrected chi connectivity index (χ2v) is 10.3. The topological polar surface area (TPSA) is 93.6 Å². The summed E-state index contributed by atoms with van der Waals surface area (Å²) in [5.41, 5.74) is 1.87. The smallest absolute Gasteiger partial charge is 0.340 e. The minimum Gasteiger partial charge on any atom is -0.454 e. The maximum atomic E-state index is 12.6. The van der Waals surface area contributed by atoms with Gasteiger partial charge < -0.3 is 4.74 Å². The van der Waals surface area contributed by atoms with Crippen molar-refractivity contribution >= 4 is 33.1 Å². The van der Waals surface area contributed by atoms with Gasteiger partial charge in [0.15, 0.2) is 12.4 Å². The Morgan fingerprint density at radius 1 is 1.06 bits per heavy atom. The van der Waals surface area contributed by atoms with E-state index in [0.717, 1.165) is 23.4 Å². The molecule has 166 valence electrons. The van der Waals surface area contributed by atoms with Crippen LogP contribution in [0.5, 0.6) is 0 Å². The molecule has 1 aromatic carbocycles. The molecule has 1 aliphatic heterocycles. The number of nitrogens with zero attached hydrogens (tertiary/aromatic N) is 2. The Hall–Kier alpha value is -2.88. The number of hydrogen-bond acceptors (Lipinski definition) is 7. The second-order valence-electron chi connectivity index (χ2n) is 7.44. The van der Waals surface area contributed by atoms with Gasteiger partial charge in [-0.15, -0.1) is 11.3 Å². The first-order chi connectivity index (χ1) is 15.4. The average molecular weight is 471 g/mol. The number of rotatable bonds is 7. The number of aromatic nitrogens is 1. The van der Waals surface area contributed by atoms with Crippen molar-refractivity contribution < 1.29 is 22.7 Å². The summed E-state index contributed by atoms with van der Waals surface area (Å²) in [7, 11) is -3.54. The molecule has 1 saturated heterocycles. The summed E-state index contributed by atoms with van der Waals surface area (Å²) in [5, 5.41) is 1.95. The van der Waals surface area contributed by atoms with Crippen LogP contribution in [0.4, 0.5) is 0 Å². The van der Waals surface area contributed by atoms with Crippen molar-refractivity contribution in [1.82, 2.24) is 9.29 Å². The average Bonchev–Trinajstić information content (AvgIpc) is 3.52. The normalized spacial score (nSPS) is 14.4. The third kappa shape index (κ3) is 4.64. The Bertz CT molecular complexity index is 1230. The molecule has 0 atom stereocenters. The van der Waals surface area contributed by atoms with E-state index in [-0.39, 0.29) is 10.5 Å². The summed E-state index contributed by atoms with van der Waals surface area (Å²) < 4.78 is 31.8. The number of carbonyl (C=O) groups is 2. The zero-order valence-electron chi connectivity index (χ0n) is 17.5. The van der Waals surface area contributed by atoms with Crippen molar-refractivity contribution in [3.8, 4) is 10.6 Å². The van der Waals surface area contributed by atoms with Crippen molar-refractivity contribution in [1.29, 1.82) is 0 Å². The lowest BCUT2D eigenvalue weighted by Gasteiger charge is -2.15. The lowest BCUT2D eigenvalue weighted by atomic mass is 10.1. The molecule has 4 rings (SSSR count). The minimum atomic E-state index is -3.54. The highest BCUT2D eigenvalue weighted by Gasteiger charge is 2.27. The molecular formula is C23H22N2O5S2. The van der Waals surface area contributed by atoms with Crippen molar-refractivity contribution in [2.45, 2.75) is 24.7 Å². The van der Waals surface area contributed by atoms with Gasteiger partial charge in [-0.1, -0.05) is 6.07 Å². The number of Topliss-reactive ketones (excluding diaryl/α,β-unsaturated/α-hetero) is 1. The fourth-order valence-corrected chi connectivity index (χ4v) is 5.73. The molecule has 9 heteroatoms. The summed E-state index contributed by atoms with van der Waals surface area (Å²) in [6.07, 6.45) is 1.71. The van der Waals surface area contributed by atoms with Crippen LogP contribution in [-0.2, 0) is 14.8 Å². The minimum absolute atomic E-state index is 0.153. The van der Waals surface area contributed by atoms with Gasteiger partial charge in [0.05, 0.1) is 26.7 Å². The summed E-state index contributed by atoms with van der Waals surface area (Å²) in [6.45, 7) is 2.31. The Morgan fingerprint density at radius 3 is 2.41 bits per heavy atom. The number of ketones is 1. The molecule has 0 saturated carbocycles. The Morgan fingerprint density at radius 2 is 1.78 bits per heavy atom. The van der Waals surface area contributed by atoms with Gasteiger partial charge in [-0.3, -0.25) is 9.78 Å². The fraction of sp³-hybridized carbons (Fsp3) is 0.261. The number of sulfonamides is 1. The number of esters is 1. The van der Waals surface area contributed by atoms with Crippen LogP contribution in [0.1, 0.15) is 39.3 Å². The molecule has 1 aliphatic rings. The van der Waals surface area contributed by atoms with Crippen molar-refractivity contribution in [2.75, 3.05) is 19.7 Å². The van der Waals surface area contributed by atoms with E-state index >= 15 is 0 Å². The number of carbonyl (C=O) groups excluding carboxylic acids is 2. The third-order valence-electron chi connectivity index (χ3n) is 5.29. The first kappa shape index (κ1) is 22.3. The molecule has 0 bridgehead atoms. The van der Waals surface area contributed by atoms with Gasteiger partial charge in [0.2, 0.25) is 10.0 Å². The monoisotopic (exact) mass is 470 g/mol. The molecule has 32 heavy (non-hydrogen) atoms. The first-order valence-electron chi connectivity index (χ1n) is 10.2. The summed E-state index contributed by atoms with van der Waals surface area (Å²) >= 11 is 1.56. The molecule has 0 unspecified atom stereocenters. The second kappa shape index (κ2) is 9.32. The Kier molecular flexibility index (Phi) is 6.50. The van der Waals surface area contributed by atoms with Gasteiger partial charge in [0.1, 0.15) is 0 Å². The maximum Gasteiger partial charge on any atom is 0.340 e. The van der Waals surface area contributed by atoms with Crippen molar-refractivity contribution in [2.24, 2.45) is 0 Å². The Labute approximate surface area is 190 Å². The standard InChI is InChI=1S/C23H22N2O5S2/c1-16-19(10-11-20(24-16)22-5-4-14-31-22)23(27)30-15-21(26)17-6-8-18(9-7-17)32(28,29)25-12-2-3-13-25/h4-11,14H,2-3,12-13,15H2,1H3. The number of hydrogen-bond donors (Lipinski definition) is 0. The van der Waals surface area contributed by atoms with Crippen LogP contribution in [0.2, 0.25) is 0 Å². The first-order valence-corrected chi connectivity index (χ1v) is 12.5. The molecule has 0 radical (unpaired) electrons. The predicted molar refractivity (Wildman–Crippen MR) is 121 cm³/mol. The highest BCUT2D eigenvalue weighted by molar-refractivity contribution is 7.89. The van der Waals surface area contributed by atoms with Crippen LogP contribution in [0.15, 0.2) is 58.8 Å². The SMILES string of the molecule is Cc1nc(-c2cccs2)ccc1C(=O)OCC(=O)c1ccc(S(=O)(=O)N2CCCC2)cc1. The van der Waals surface area contributed by atoms with E-state index < -0.39 is 28.4 Å². The zero-order chi connectivity index (χ0) is 22.7. The molecule has 0 N–H and O–H groups in total. The van der Waals surface area contributed by atoms with E-state index in [1.54, 1.807) is 30.4 Å². The molecule has 0 amide bonds. The third-order valence-corrected chi connectivity index (χ3v) is 8.10. The number of ether oxygens (including phenoxy) is 1. The number of pyridine rings is 1. The van der Waals surface area contributed by atoms with E-state index in [9.17, 15) is 18.0 Å². The zero-order valence-corrected chi connectivity index (χ0v) is 19.1. The van der Waals surface area contributed by atoms with Gasteiger partial charge in [-0.05, 0) is 67.6 Å². The van der Waals surface area contributed by atoms with E-state index in [2.05, 4.69) is 4.98 Å². The number of benzene rings is 1. The van der Waals surface area contributed by atoms with Crippen molar-refractivity contribution in [3.63, 3.8) is 0 Å². The largest absolute Gasteiger partial charge is 0.454 e. The highest BCUT2D eigenvalue weighted by atomic mass is 32.2. The fourth-order valence-electron chi connectivity index (χ4n) is 3.52. The van der Waals surface area contributed by atoms with Crippen LogP contribution in [-0.4, -0.2) is 49.2 Å². The Balaban J connectivity index is 1.39. The molecular weight excluding hydrogens is 448 g/mol. The highest BCUT2D eigenvalue weighted by Crippen LogP contribution is 2.24. The lowest BCUT2D eigenvalue weighted by molar-refractivity contribution is 0.0473. The van der Waals surface area contributed by atoms with Crippen LogP contribution in [0.3, 0.4) is 0 Å². The van der Waals surface area contributed by atoms with E-state index in [1.165, 1.54) is 28.6 Å². The quantitative estimate of drug-likeness (QED) is 0.384. The van der Waals surface area contributed by atoms with E-state index in [4.69, 9.17) is 4.74 Å².